The predicted octanol–water partition coefficient (Wildman–Crippen LogP) is 1.89. The molecule has 78 valence electrons. The van der Waals surface area contributed by atoms with Crippen LogP contribution in [-0.4, -0.2) is 17.7 Å². The number of amides is 1. The van der Waals surface area contributed by atoms with Gasteiger partial charge < -0.3 is 10.4 Å². The Morgan fingerprint density at radius 1 is 1.27 bits per heavy atom. The lowest BCUT2D eigenvalue weighted by Crippen LogP contribution is -2.21. The van der Waals surface area contributed by atoms with Crippen molar-refractivity contribution in [3.8, 4) is 11.8 Å². The molecule has 0 heterocycles. The molecule has 0 saturated carbocycles. The second kappa shape index (κ2) is 6.50. The Kier molecular flexibility index (Phi) is 4.82. The molecule has 15 heavy (non-hydrogen) atoms. The van der Waals surface area contributed by atoms with E-state index in [9.17, 15) is 4.79 Å². The van der Waals surface area contributed by atoms with Gasteiger partial charge in [-0.2, -0.15) is 0 Å². The highest BCUT2D eigenvalue weighted by Crippen LogP contribution is 1.97. The standard InChI is InChI=1S/C12H13NO2/c14-12(15)13-10-6-2-5-9-11-7-3-1-4-8-11/h1,3-4,7-8,13H,6,9-10H2,(H,14,15). The summed E-state index contributed by atoms with van der Waals surface area (Å²) < 4.78 is 0. The van der Waals surface area contributed by atoms with Gasteiger partial charge in [0.1, 0.15) is 0 Å². The molecule has 0 spiro atoms. The van der Waals surface area contributed by atoms with Crippen LogP contribution in [0.2, 0.25) is 0 Å². The maximum atomic E-state index is 10.1. The molecular weight excluding hydrogens is 190 g/mol. The maximum Gasteiger partial charge on any atom is 0.404 e. The van der Waals surface area contributed by atoms with E-state index in [-0.39, 0.29) is 0 Å². The van der Waals surface area contributed by atoms with Gasteiger partial charge in [0.05, 0.1) is 0 Å². The quantitative estimate of drug-likeness (QED) is 0.582. The Morgan fingerprint density at radius 2 is 2.00 bits per heavy atom. The fourth-order valence-corrected chi connectivity index (χ4v) is 1.08. The van der Waals surface area contributed by atoms with Gasteiger partial charge in [0, 0.05) is 19.4 Å². The molecule has 1 amide bonds. The molecule has 0 saturated heterocycles. The van der Waals surface area contributed by atoms with Crippen LogP contribution >= 0.6 is 0 Å². The number of carboxylic acid groups (broad SMARTS) is 1. The van der Waals surface area contributed by atoms with Crippen molar-refractivity contribution in [1.29, 1.82) is 0 Å². The molecule has 0 bridgehead atoms. The lowest BCUT2D eigenvalue weighted by atomic mass is 10.1. The second-order valence-electron chi connectivity index (χ2n) is 3.00. The number of benzene rings is 1. The first-order valence-electron chi connectivity index (χ1n) is 4.75. The molecule has 0 aliphatic carbocycles. The zero-order chi connectivity index (χ0) is 10.9. The molecule has 2 N–H and O–H groups in total. The molecular formula is C12H13NO2. The van der Waals surface area contributed by atoms with Gasteiger partial charge >= 0.3 is 6.09 Å². The monoisotopic (exact) mass is 203 g/mol. The van der Waals surface area contributed by atoms with Crippen LogP contribution in [0.1, 0.15) is 12.0 Å². The molecule has 0 fully saturated rings. The van der Waals surface area contributed by atoms with Gasteiger partial charge in [-0.15, -0.1) is 5.92 Å². The van der Waals surface area contributed by atoms with Crippen molar-refractivity contribution in [3.63, 3.8) is 0 Å². The third-order valence-electron chi connectivity index (χ3n) is 1.79. The lowest BCUT2D eigenvalue weighted by Gasteiger charge is -1.93. The Labute approximate surface area is 89.1 Å². The largest absolute Gasteiger partial charge is 0.465 e. The van der Waals surface area contributed by atoms with E-state index in [0.717, 1.165) is 0 Å². The Morgan fingerprint density at radius 3 is 2.67 bits per heavy atom. The summed E-state index contributed by atoms with van der Waals surface area (Å²) in [5.74, 6) is 5.91. The number of rotatable bonds is 3. The first-order chi connectivity index (χ1) is 7.29. The highest BCUT2D eigenvalue weighted by molar-refractivity contribution is 5.64. The summed E-state index contributed by atoms with van der Waals surface area (Å²) in [6.45, 7) is 0.386. The van der Waals surface area contributed by atoms with Crippen LogP contribution in [0.25, 0.3) is 0 Å². The number of carbonyl (C=O) groups is 1. The Hall–Kier alpha value is -1.95. The molecule has 3 nitrogen and oxygen atoms in total. The van der Waals surface area contributed by atoms with Crippen LogP contribution in [-0.2, 0) is 6.42 Å². The normalized spacial score (nSPS) is 8.80. The van der Waals surface area contributed by atoms with Crippen molar-refractivity contribution in [3.05, 3.63) is 35.9 Å². The molecule has 1 aromatic rings. The minimum atomic E-state index is -1.00. The zero-order valence-corrected chi connectivity index (χ0v) is 8.36. The van der Waals surface area contributed by atoms with Crippen LogP contribution in [0, 0.1) is 11.8 Å². The summed E-state index contributed by atoms with van der Waals surface area (Å²) in [5.41, 5.74) is 1.18. The highest BCUT2D eigenvalue weighted by atomic mass is 16.4. The zero-order valence-electron chi connectivity index (χ0n) is 8.36. The van der Waals surface area contributed by atoms with Crippen molar-refractivity contribution in [2.45, 2.75) is 12.8 Å². The minimum Gasteiger partial charge on any atom is -0.465 e. The third kappa shape index (κ3) is 5.37. The SMILES string of the molecule is O=C(O)NCCC#CCc1ccccc1. The molecule has 0 aliphatic rings. The minimum absolute atomic E-state index is 0.386. The van der Waals surface area contributed by atoms with E-state index in [1.165, 1.54) is 5.56 Å². The summed E-state index contributed by atoms with van der Waals surface area (Å²) in [7, 11) is 0. The molecule has 0 radical (unpaired) electrons. The lowest BCUT2D eigenvalue weighted by molar-refractivity contribution is 0.195. The maximum absolute atomic E-state index is 10.1. The van der Waals surface area contributed by atoms with Gasteiger partial charge in [-0.05, 0) is 5.56 Å². The van der Waals surface area contributed by atoms with Crippen molar-refractivity contribution < 1.29 is 9.90 Å². The van der Waals surface area contributed by atoms with E-state index in [4.69, 9.17) is 5.11 Å². The van der Waals surface area contributed by atoms with Crippen LogP contribution in [0.3, 0.4) is 0 Å². The van der Waals surface area contributed by atoms with Gasteiger partial charge in [0.25, 0.3) is 0 Å². The van der Waals surface area contributed by atoms with Crippen molar-refractivity contribution >= 4 is 6.09 Å². The van der Waals surface area contributed by atoms with Crippen LogP contribution in [0.4, 0.5) is 4.79 Å². The van der Waals surface area contributed by atoms with E-state index in [2.05, 4.69) is 17.2 Å². The summed E-state index contributed by atoms with van der Waals surface area (Å²) in [4.78, 5) is 10.1. The van der Waals surface area contributed by atoms with E-state index in [0.29, 0.717) is 19.4 Å². The Balaban J connectivity index is 2.20. The molecule has 0 unspecified atom stereocenters. The number of hydrogen-bond donors (Lipinski definition) is 2. The smallest absolute Gasteiger partial charge is 0.404 e. The van der Waals surface area contributed by atoms with Gasteiger partial charge in [0.2, 0.25) is 0 Å². The van der Waals surface area contributed by atoms with Gasteiger partial charge in [-0.25, -0.2) is 4.79 Å². The summed E-state index contributed by atoms with van der Waals surface area (Å²) in [6, 6.07) is 9.95. The van der Waals surface area contributed by atoms with Crippen molar-refractivity contribution in [2.75, 3.05) is 6.54 Å². The van der Waals surface area contributed by atoms with Gasteiger partial charge in [-0.3, -0.25) is 0 Å². The van der Waals surface area contributed by atoms with Crippen molar-refractivity contribution in [2.24, 2.45) is 0 Å². The third-order valence-corrected chi connectivity index (χ3v) is 1.79. The average molecular weight is 203 g/mol. The summed E-state index contributed by atoms with van der Waals surface area (Å²) >= 11 is 0. The predicted molar refractivity (Wildman–Crippen MR) is 58.6 cm³/mol. The fraction of sp³-hybridized carbons (Fsp3) is 0.250. The van der Waals surface area contributed by atoms with Gasteiger partial charge in [-0.1, -0.05) is 36.3 Å². The first kappa shape index (κ1) is 11.1. The van der Waals surface area contributed by atoms with Crippen LogP contribution in [0.15, 0.2) is 30.3 Å². The molecule has 0 aliphatic heterocycles. The Bertz CT molecular complexity index is 362. The van der Waals surface area contributed by atoms with Crippen molar-refractivity contribution in [1.82, 2.24) is 5.32 Å². The topological polar surface area (TPSA) is 49.3 Å². The van der Waals surface area contributed by atoms with E-state index < -0.39 is 6.09 Å². The molecule has 3 heteroatoms. The van der Waals surface area contributed by atoms with Gasteiger partial charge in [0.15, 0.2) is 0 Å². The second-order valence-corrected chi connectivity index (χ2v) is 3.00. The fourth-order valence-electron chi connectivity index (χ4n) is 1.08. The first-order valence-corrected chi connectivity index (χ1v) is 4.75. The van der Waals surface area contributed by atoms with E-state index in [1.807, 2.05) is 30.3 Å². The number of nitrogens with one attached hydrogen (secondary N) is 1. The molecule has 1 rings (SSSR count). The van der Waals surface area contributed by atoms with E-state index >= 15 is 0 Å². The van der Waals surface area contributed by atoms with Crippen LogP contribution in [0.5, 0.6) is 0 Å². The summed E-state index contributed by atoms with van der Waals surface area (Å²) in [6.07, 6.45) is 0.271. The molecule has 0 atom stereocenters. The highest BCUT2D eigenvalue weighted by Gasteiger charge is 1.89. The molecule has 1 aromatic carbocycles. The number of hydrogen-bond acceptors (Lipinski definition) is 1. The van der Waals surface area contributed by atoms with Crippen LogP contribution < -0.4 is 5.32 Å². The summed E-state index contributed by atoms with van der Waals surface area (Å²) in [5, 5.41) is 10.5. The average Bonchev–Trinajstić information content (AvgIpc) is 2.24. The molecule has 0 aromatic heterocycles. The van der Waals surface area contributed by atoms with E-state index in [1.54, 1.807) is 0 Å².